The molecule has 3 aromatic rings. The summed E-state index contributed by atoms with van der Waals surface area (Å²) in [5.74, 6) is 0.590. The first kappa shape index (κ1) is 17.2. The summed E-state index contributed by atoms with van der Waals surface area (Å²) in [7, 11) is 0. The van der Waals surface area contributed by atoms with E-state index >= 15 is 0 Å². The molecular weight excluding hydrogens is 378 g/mol. The van der Waals surface area contributed by atoms with E-state index in [-0.39, 0.29) is 5.91 Å². The summed E-state index contributed by atoms with van der Waals surface area (Å²) in [5, 5.41) is 3.22. The Bertz CT molecular complexity index is 850. The molecule has 1 N–H and O–H groups in total. The predicted octanol–water partition coefficient (Wildman–Crippen LogP) is 5.25. The normalized spacial score (nSPS) is 10.3. The van der Waals surface area contributed by atoms with Crippen molar-refractivity contribution in [3.05, 3.63) is 83.0 Å². The van der Waals surface area contributed by atoms with E-state index in [1.807, 2.05) is 61.5 Å². The smallest absolute Gasteiger partial charge is 0.258 e. The van der Waals surface area contributed by atoms with Crippen LogP contribution in [0.3, 0.4) is 0 Å². The van der Waals surface area contributed by atoms with Gasteiger partial charge in [0.1, 0.15) is 5.82 Å². The molecule has 0 saturated heterocycles. The van der Waals surface area contributed by atoms with Gasteiger partial charge in [-0.2, -0.15) is 0 Å². The van der Waals surface area contributed by atoms with Crippen molar-refractivity contribution in [1.82, 2.24) is 4.98 Å². The number of halogens is 1. The first-order valence-corrected chi connectivity index (χ1v) is 8.82. The molecule has 4 nitrogen and oxygen atoms in total. The van der Waals surface area contributed by atoms with Crippen LogP contribution in [0.5, 0.6) is 0 Å². The van der Waals surface area contributed by atoms with E-state index in [2.05, 4.69) is 26.2 Å². The van der Waals surface area contributed by atoms with Gasteiger partial charge < -0.3 is 10.2 Å². The maximum atomic E-state index is 12.9. The molecule has 1 amide bonds. The number of nitrogens with zero attached hydrogens (tertiary/aromatic N) is 2. The molecule has 2 aromatic carbocycles. The van der Waals surface area contributed by atoms with Gasteiger partial charge in [0.2, 0.25) is 0 Å². The second-order valence-electron chi connectivity index (χ2n) is 5.45. The van der Waals surface area contributed by atoms with E-state index in [0.717, 1.165) is 15.8 Å². The molecule has 0 radical (unpaired) electrons. The highest BCUT2D eigenvalue weighted by atomic mass is 79.9. The highest BCUT2D eigenvalue weighted by Crippen LogP contribution is 2.21. The van der Waals surface area contributed by atoms with E-state index in [1.165, 1.54) is 0 Å². The number of amides is 1. The zero-order valence-corrected chi connectivity index (χ0v) is 15.4. The quantitative estimate of drug-likeness (QED) is 0.640. The number of aromatic nitrogens is 1. The standard InChI is InChI=1S/C20H18BrN3O/c1-2-24(18-6-4-3-5-7-18)20(25)15-12-13-22-19(14-15)23-17-10-8-16(21)9-11-17/h3-14H,2H2,1H3,(H,22,23). The fraction of sp³-hybridized carbons (Fsp3) is 0.100. The number of hydrogen-bond donors (Lipinski definition) is 1. The van der Waals surface area contributed by atoms with Crippen LogP contribution in [0.2, 0.25) is 0 Å². The summed E-state index contributed by atoms with van der Waals surface area (Å²) in [5.41, 5.74) is 2.39. The highest BCUT2D eigenvalue weighted by Gasteiger charge is 2.16. The summed E-state index contributed by atoms with van der Waals surface area (Å²) in [6, 6.07) is 21.0. The van der Waals surface area contributed by atoms with E-state index in [4.69, 9.17) is 0 Å². The van der Waals surface area contributed by atoms with Gasteiger partial charge in [-0.3, -0.25) is 4.79 Å². The van der Waals surface area contributed by atoms with E-state index in [1.54, 1.807) is 23.2 Å². The molecule has 1 heterocycles. The minimum absolute atomic E-state index is 0.0463. The lowest BCUT2D eigenvalue weighted by Crippen LogP contribution is -2.30. The van der Waals surface area contributed by atoms with Crippen LogP contribution in [-0.4, -0.2) is 17.4 Å². The van der Waals surface area contributed by atoms with E-state index in [9.17, 15) is 4.79 Å². The molecule has 0 bridgehead atoms. The van der Waals surface area contributed by atoms with Crippen LogP contribution >= 0.6 is 15.9 Å². The largest absolute Gasteiger partial charge is 0.340 e. The SMILES string of the molecule is CCN(C(=O)c1ccnc(Nc2ccc(Br)cc2)c1)c1ccccc1. The van der Waals surface area contributed by atoms with Crippen LogP contribution in [0.15, 0.2) is 77.4 Å². The lowest BCUT2D eigenvalue weighted by atomic mass is 10.2. The third-order valence-electron chi connectivity index (χ3n) is 3.75. The number of para-hydroxylation sites is 1. The van der Waals surface area contributed by atoms with Gasteiger partial charge in [-0.25, -0.2) is 4.98 Å². The van der Waals surface area contributed by atoms with Crippen LogP contribution in [0, 0.1) is 0 Å². The van der Waals surface area contributed by atoms with Gasteiger partial charge in [0.05, 0.1) is 0 Å². The Balaban J connectivity index is 1.82. The molecule has 0 spiro atoms. The Morgan fingerprint density at radius 2 is 1.80 bits per heavy atom. The second-order valence-corrected chi connectivity index (χ2v) is 6.36. The fourth-order valence-electron chi connectivity index (χ4n) is 2.52. The van der Waals surface area contributed by atoms with Crippen molar-refractivity contribution in [2.75, 3.05) is 16.8 Å². The van der Waals surface area contributed by atoms with Crippen molar-refractivity contribution >= 4 is 39.0 Å². The molecule has 3 rings (SSSR count). The topological polar surface area (TPSA) is 45.2 Å². The van der Waals surface area contributed by atoms with Crippen molar-refractivity contribution in [3.8, 4) is 0 Å². The Kier molecular flexibility index (Phi) is 5.46. The molecule has 0 fully saturated rings. The maximum Gasteiger partial charge on any atom is 0.258 e. The fourth-order valence-corrected chi connectivity index (χ4v) is 2.78. The highest BCUT2D eigenvalue weighted by molar-refractivity contribution is 9.10. The van der Waals surface area contributed by atoms with Crippen LogP contribution in [0.25, 0.3) is 0 Å². The monoisotopic (exact) mass is 395 g/mol. The number of hydrogen-bond acceptors (Lipinski definition) is 3. The van der Waals surface area contributed by atoms with Gasteiger partial charge >= 0.3 is 0 Å². The molecule has 5 heteroatoms. The number of pyridine rings is 1. The predicted molar refractivity (Wildman–Crippen MR) is 105 cm³/mol. The minimum atomic E-state index is -0.0463. The minimum Gasteiger partial charge on any atom is -0.340 e. The number of anilines is 3. The van der Waals surface area contributed by atoms with Crippen molar-refractivity contribution in [1.29, 1.82) is 0 Å². The third kappa shape index (κ3) is 4.25. The molecule has 126 valence electrons. The van der Waals surface area contributed by atoms with Crippen molar-refractivity contribution < 1.29 is 4.79 Å². The van der Waals surface area contributed by atoms with Gasteiger partial charge in [0.25, 0.3) is 5.91 Å². The first-order chi connectivity index (χ1) is 12.2. The molecule has 0 aliphatic rings. The summed E-state index contributed by atoms with van der Waals surface area (Å²) in [4.78, 5) is 18.9. The van der Waals surface area contributed by atoms with Gasteiger partial charge in [-0.15, -0.1) is 0 Å². The maximum absolute atomic E-state index is 12.9. The molecule has 0 atom stereocenters. The molecule has 0 saturated carbocycles. The Hall–Kier alpha value is -2.66. The van der Waals surface area contributed by atoms with Gasteiger partial charge in [-0.1, -0.05) is 34.1 Å². The number of rotatable bonds is 5. The zero-order chi connectivity index (χ0) is 17.6. The Labute approximate surface area is 155 Å². The molecule has 0 aliphatic carbocycles. The Morgan fingerprint density at radius 3 is 2.48 bits per heavy atom. The van der Waals surface area contributed by atoms with Crippen molar-refractivity contribution in [3.63, 3.8) is 0 Å². The number of carbonyl (C=O) groups is 1. The Morgan fingerprint density at radius 1 is 1.08 bits per heavy atom. The molecule has 25 heavy (non-hydrogen) atoms. The second kappa shape index (κ2) is 7.94. The first-order valence-electron chi connectivity index (χ1n) is 8.03. The van der Waals surface area contributed by atoms with E-state index < -0.39 is 0 Å². The molecule has 0 unspecified atom stereocenters. The van der Waals surface area contributed by atoms with Gasteiger partial charge in [-0.05, 0) is 55.5 Å². The van der Waals surface area contributed by atoms with E-state index in [0.29, 0.717) is 17.9 Å². The van der Waals surface area contributed by atoms with Crippen LogP contribution in [0.4, 0.5) is 17.2 Å². The number of benzene rings is 2. The summed E-state index contributed by atoms with van der Waals surface area (Å²) in [6.07, 6.45) is 1.65. The van der Waals surface area contributed by atoms with Crippen molar-refractivity contribution in [2.45, 2.75) is 6.92 Å². The van der Waals surface area contributed by atoms with Crippen LogP contribution in [-0.2, 0) is 0 Å². The third-order valence-corrected chi connectivity index (χ3v) is 4.28. The molecule has 0 aliphatic heterocycles. The summed E-state index contributed by atoms with van der Waals surface area (Å²) in [6.45, 7) is 2.56. The number of nitrogens with one attached hydrogen (secondary N) is 1. The molecule has 1 aromatic heterocycles. The summed E-state index contributed by atoms with van der Waals surface area (Å²) >= 11 is 3.41. The van der Waals surface area contributed by atoms with Crippen molar-refractivity contribution in [2.24, 2.45) is 0 Å². The lowest BCUT2D eigenvalue weighted by Gasteiger charge is -2.21. The van der Waals surface area contributed by atoms with Crippen LogP contribution < -0.4 is 10.2 Å². The lowest BCUT2D eigenvalue weighted by molar-refractivity contribution is 0.0988. The average Bonchev–Trinajstić information content (AvgIpc) is 2.65. The number of carbonyl (C=O) groups excluding carboxylic acids is 1. The van der Waals surface area contributed by atoms with Gasteiger partial charge in [0.15, 0.2) is 0 Å². The average molecular weight is 396 g/mol. The van der Waals surface area contributed by atoms with Crippen LogP contribution in [0.1, 0.15) is 17.3 Å². The summed E-state index contributed by atoms with van der Waals surface area (Å²) < 4.78 is 1.01. The van der Waals surface area contributed by atoms with Gasteiger partial charge in [0, 0.05) is 34.2 Å². The molecular formula is C20H18BrN3O. The zero-order valence-electron chi connectivity index (χ0n) is 13.8.